The predicted molar refractivity (Wildman–Crippen MR) is 90.8 cm³/mol. The van der Waals surface area contributed by atoms with Gasteiger partial charge in [-0.2, -0.15) is 0 Å². The number of nitrogens with zero attached hydrogens (tertiary/aromatic N) is 1. The maximum absolute atomic E-state index is 12.7. The number of piperidine rings is 1. The number of amides is 2. The largest absolute Gasteiger partial charge is 0.339 e. The Bertz CT molecular complexity index is 594. The summed E-state index contributed by atoms with van der Waals surface area (Å²) in [5.74, 6) is -0.133. The van der Waals surface area contributed by atoms with Crippen molar-refractivity contribution in [2.45, 2.75) is 25.7 Å². The second-order valence-corrected chi connectivity index (χ2v) is 6.66. The van der Waals surface area contributed by atoms with E-state index in [9.17, 15) is 9.59 Å². The van der Waals surface area contributed by atoms with Crippen molar-refractivity contribution < 1.29 is 9.59 Å². The van der Waals surface area contributed by atoms with E-state index in [0.717, 1.165) is 45.3 Å². The predicted octanol–water partition coefficient (Wildman–Crippen LogP) is 2.51. The average molecular weight is 336 g/mol. The monoisotopic (exact) mass is 335 g/mol. The SMILES string of the molecule is O=C(Nc1ccc(Cl)cc1C(=O)N1CCCC1)C1CCCNC1. The summed E-state index contributed by atoms with van der Waals surface area (Å²) in [5, 5.41) is 6.67. The van der Waals surface area contributed by atoms with Crippen LogP contribution in [0.25, 0.3) is 0 Å². The number of hydrogen-bond acceptors (Lipinski definition) is 3. The summed E-state index contributed by atoms with van der Waals surface area (Å²) in [6.45, 7) is 3.19. The van der Waals surface area contributed by atoms with Gasteiger partial charge in [0, 0.05) is 24.7 Å². The van der Waals surface area contributed by atoms with Crippen LogP contribution >= 0.6 is 11.6 Å². The third-order valence-electron chi connectivity index (χ3n) is 4.53. The summed E-state index contributed by atoms with van der Waals surface area (Å²) in [5.41, 5.74) is 1.04. The molecule has 1 atom stereocenters. The van der Waals surface area contributed by atoms with Crippen molar-refractivity contribution in [3.05, 3.63) is 28.8 Å². The summed E-state index contributed by atoms with van der Waals surface area (Å²) < 4.78 is 0. The maximum atomic E-state index is 12.7. The summed E-state index contributed by atoms with van der Waals surface area (Å²) in [4.78, 5) is 26.9. The molecule has 1 unspecified atom stereocenters. The molecule has 1 aromatic rings. The number of likely N-dealkylation sites (tertiary alicyclic amines) is 1. The third-order valence-corrected chi connectivity index (χ3v) is 4.77. The molecule has 2 N–H and O–H groups in total. The maximum Gasteiger partial charge on any atom is 0.256 e. The van der Waals surface area contributed by atoms with E-state index in [0.29, 0.717) is 22.8 Å². The lowest BCUT2D eigenvalue weighted by molar-refractivity contribution is -0.120. The Morgan fingerprint density at radius 3 is 2.70 bits per heavy atom. The molecule has 3 rings (SSSR count). The molecule has 2 saturated heterocycles. The highest BCUT2D eigenvalue weighted by Gasteiger charge is 2.25. The highest BCUT2D eigenvalue weighted by atomic mass is 35.5. The first-order chi connectivity index (χ1) is 11.1. The number of halogens is 1. The molecule has 1 aromatic carbocycles. The van der Waals surface area contributed by atoms with Crippen molar-refractivity contribution in [3.63, 3.8) is 0 Å². The molecule has 0 spiro atoms. The fourth-order valence-corrected chi connectivity index (χ4v) is 3.38. The van der Waals surface area contributed by atoms with E-state index in [-0.39, 0.29) is 17.7 Å². The van der Waals surface area contributed by atoms with Gasteiger partial charge in [0.2, 0.25) is 5.91 Å². The molecule has 2 aliphatic heterocycles. The van der Waals surface area contributed by atoms with Crippen LogP contribution in [-0.4, -0.2) is 42.9 Å². The number of nitrogens with one attached hydrogen (secondary N) is 2. The standard InChI is InChI=1S/C17H22ClN3O2/c18-13-5-6-15(20-16(22)12-4-3-7-19-11-12)14(10-13)17(23)21-8-1-2-9-21/h5-6,10,12,19H,1-4,7-9,11H2,(H,20,22). The van der Waals surface area contributed by atoms with Crippen molar-refractivity contribution >= 4 is 29.1 Å². The van der Waals surface area contributed by atoms with Crippen LogP contribution in [0.2, 0.25) is 5.02 Å². The summed E-state index contributed by atoms with van der Waals surface area (Å²) in [6.07, 6.45) is 3.93. The van der Waals surface area contributed by atoms with Crippen LogP contribution in [0.5, 0.6) is 0 Å². The molecule has 0 aromatic heterocycles. The van der Waals surface area contributed by atoms with Gasteiger partial charge < -0.3 is 15.5 Å². The van der Waals surface area contributed by atoms with E-state index >= 15 is 0 Å². The second kappa shape index (κ2) is 7.32. The fraction of sp³-hybridized carbons (Fsp3) is 0.529. The van der Waals surface area contributed by atoms with E-state index in [2.05, 4.69) is 10.6 Å². The van der Waals surface area contributed by atoms with Crippen molar-refractivity contribution in [2.75, 3.05) is 31.5 Å². The van der Waals surface area contributed by atoms with Crippen LogP contribution in [0, 0.1) is 5.92 Å². The molecule has 0 aliphatic carbocycles. The van der Waals surface area contributed by atoms with E-state index < -0.39 is 0 Å². The molecule has 2 amide bonds. The van der Waals surface area contributed by atoms with Gasteiger partial charge >= 0.3 is 0 Å². The van der Waals surface area contributed by atoms with Gasteiger partial charge in [-0.3, -0.25) is 9.59 Å². The van der Waals surface area contributed by atoms with Crippen molar-refractivity contribution in [2.24, 2.45) is 5.92 Å². The lowest BCUT2D eigenvalue weighted by Gasteiger charge is -2.23. The first-order valence-corrected chi connectivity index (χ1v) is 8.63. The van der Waals surface area contributed by atoms with Gasteiger partial charge in [0.05, 0.1) is 17.2 Å². The van der Waals surface area contributed by atoms with Crippen LogP contribution in [-0.2, 0) is 4.79 Å². The second-order valence-electron chi connectivity index (χ2n) is 6.22. The van der Waals surface area contributed by atoms with Gasteiger partial charge in [-0.15, -0.1) is 0 Å². The Morgan fingerprint density at radius 2 is 2.00 bits per heavy atom. The molecule has 5 nitrogen and oxygen atoms in total. The third kappa shape index (κ3) is 3.85. The first-order valence-electron chi connectivity index (χ1n) is 8.25. The van der Waals surface area contributed by atoms with Gasteiger partial charge in [0.15, 0.2) is 0 Å². The molecular weight excluding hydrogens is 314 g/mol. The zero-order valence-corrected chi connectivity index (χ0v) is 13.9. The number of carbonyl (C=O) groups is 2. The van der Waals surface area contributed by atoms with Crippen LogP contribution in [0.1, 0.15) is 36.0 Å². The van der Waals surface area contributed by atoms with Gasteiger partial charge in [-0.25, -0.2) is 0 Å². The normalized spacial score (nSPS) is 21.3. The van der Waals surface area contributed by atoms with Gasteiger partial charge in [0.1, 0.15) is 0 Å². The highest BCUT2D eigenvalue weighted by Crippen LogP contribution is 2.25. The molecular formula is C17H22ClN3O2. The van der Waals surface area contributed by atoms with E-state index in [4.69, 9.17) is 11.6 Å². The quantitative estimate of drug-likeness (QED) is 0.892. The zero-order valence-electron chi connectivity index (χ0n) is 13.1. The van der Waals surface area contributed by atoms with Crippen molar-refractivity contribution in [1.82, 2.24) is 10.2 Å². The summed E-state index contributed by atoms with van der Waals surface area (Å²) in [7, 11) is 0. The Balaban J connectivity index is 1.78. The minimum atomic E-state index is -0.0536. The lowest BCUT2D eigenvalue weighted by atomic mass is 9.98. The Hall–Kier alpha value is -1.59. The van der Waals surface area contributed by atoms with E-state index in [1.807, 2.05) is 4.90 Å². The van der Waals surface area contributed by atoms with Gasteiger partial charge in [-0.05, 0) is 50.4 Å². The molecule has 124 valence electrons. The van der Waals surface area contributed by atoms with Crippen molar-refractivity contribution in [1.29, 1.82) is 0 Å². The summed E-state index contributed by atoms with van der Waals surface area (Å²) in [6, 6.07) is 5.08. The Kier molecular flexibility index (Phi) is 5.18. The molecule has 2 fully saturated rings. The fourth-order valence-electron chi connectivity index (χ4n) is 3.20. The average Bonchev–Trinajstić information content (AvgIpc) is 3.11. The van der Waals surface area contributed by atoms with Crippen LogP contribution in [0.15, 0.2) is 18.2 Å². The number of benzene rings is 1. The Labute approximate surface area is 141 Å². The Morgan fingerprint density at radius 1 is 1.22 bits per heavy atom. The molecule has 6 heteroatoms. The molecule has 0 radical (unpaired) electrons. The molecule has 0 saturated carbocycles. The zero-order chi connectivity index (χ0) is 16.2. The van der Waals surface area contributed by atoms with Crippen LogP contribution in [0.3, 0.4) is 0 Å². The number of hydrogen-bond donors (Lipinski definition) is 2. The lowest BCUT2D eigenvalue weighted by Crippen LogP contribution is -2.37. The summed E-state index contributed by atoms with van der Waals surface area (Å²) >= 11 is 6.06. The molecule has 2 aliphatic rings. The number of carbonyl (C=O) groups excluding carboxylic acids is 2. The minimum absolute atomic E-state index is 0.0324. The topological polar surface area (TPSA) is 61.4 Å². The van der Waals surface area contributed by atoms with Crippen LogP contribution < -0.4 is 10.6 Å². The number of rotatable bonds is 3. The van der Waals surface area contributed by atoms with Crippen LogP contribution in [0.4, 0.5) is 5.69 Å². The highest BCUT2D eigenvalue weighted by molar-refractivity contribution is 6.31. The number of anilines is 1. The van der Waals surface area contributed by atoms with Gasteiger partial charge in [0.25, 0.3) is 5.91 Å². The minimum Gasteiger partial charge on any atom is -0.339 e. The molecule has 2 heterocycles. The van der Waals surface area contributed by atoms with E-state index in [1.165, 1.54) is 0 Å². The first kappa shape index (κ1) is 16.3. The molecule has 0 bridgehead atoms. The van der Waals surface area contributed by atoms with Gasteiger partial charge in [-0.1, -0.05) is 11.6 Å². The van der Waals surface area contributed by atoms with Crippen molar-refractivity contribution in [3.8, 4) is 0 Å². The van der Waals surface area contributed by atoms with E-state index in [1.54, 1.807) is 18.2 Å². The smallest absolute Gasteiger partial charge is 0.256 e. The molecule has 23 heavy (non-hydrogen) atoms.